The predicted octanol–water partition coefficient (Wildman–Crippen LogP) is 0.813. The number of nitrogens with two attached hydrogens (primary N) is 1. The topological polar surface area (TPSA) is 76.2 Å². The second-order valence-corrected chi connectivity index (χ2v) is 2.19. The average molecular weight is 260 g/mol. The Bertz CT molecular complexity index is 306. The maximum absolute atomic E-state index is 10.4. The fourth-order valence-electron chi connectivity index (χ4n) is 0.557. The number of carboxylic acids is 1. The second-order valence-electron chi connectivity index (χ2n) is 1.81. The Hall–Kier alpha value is -0.186. The first-order chi connectivity index (χ1) is 5.13. The Morgan fingerprint density at radius 2 is 2.33 bits per heavy atom. The molecule has 0 unspecified atom stereocenters. The number of aromatic carboxylic acids is 1. The Morgan fingerprint density at radius 1 is 1.75 bits per heavy atom. The van der Waals surface area contributed by atoms with Crippen LogP contribution >= 0.6 is 11.6 Å². The van der Waals surface area contributed by atoms with Gasteiger partial charge in [0.1, 0.15) is 0 Å². The molecule has 1 aromatic rings. The number of nitrogens with zero attached hydrogens (tertiary/aromatic N) is 1. The third kappa shape index (κ3) is 2.40. The minimum atomic E-state index is -1.21. The van der Waals surface area contributed by atoms with Crippen molar-refractivity contribution in [1.29, 1.82) is 0 Å². The van der Waals surface area contributed by atoms with Crippen LogP contribution in [0, 0.1) is 6.20 Å². The molecule has 3 N–H and O–H groups in total. The fourth-order valence-corrected chi connectivity index (χ4v) is 0.735. The number of carbonyl (C=O) groups is 1. The van der Waals surface area contributed by atoms with Crippen LogP contribution in [0.2, 0.25) is 5.02 Å². The molecule has 1 heterocycles. The molecule has 6 heteroatoms. The van der Waals surface area contributed by atoms with E-state index in [0.29, 0.717) is 0 Å². The fraction of sp³-hybridized carbons (Fsp3) is 0. The van der Waals surface area contributed by atoms with Crippen molar-refractivity contribution in [1.82, 2.24) is 4.98 Å². The summed E-state index contributed by atoms with van der Waals surface area (Å²) >= 11 is 5.50. The number of rotatable bonds is 1. The van der Waals surface area contributed by atoms with Gasteiger partial charge in [0.15, 0.2) is 0 Å². The quantitative estimate of drug-likeness (QED) is 0.733. The molecule has 1 aromatic heterocycles. The molecule has 61 valence electrons. The summed E-state index contributed by atoms with van der Waals surface area (Å²) < 4.78 is 0. The van der Waals surface area contributed by atoms with Crippen LogP contribution in [0.4, 0.5) is 5.69 Å². The Labute approximate surface area is 99.0 Å². The van der Waals surface area contributed by atoms with Crippen molar-refractivity contribution in [2.24, 2.45) is 0 Å². The van der Waals surface area contributed by atoms with Gasteiger partial charge in [0, 0.05) is 32.7 Å². The minimum Gasteiger partial charge on any atom is -0.486 e. The number of hydrogen-bond acceptors (Lipinski definition) is 3. The van der Waals surface area contributed by atoms with Crippen LogP contribution in [0.15, 0.2) is 6.07 Å². The first kappa shape index (κ1) is 11.8. The molecule has 12 heavy (non-hydrogen) atoms. The monoisotopic (exact) mass is 260 g/mol. The number of carboxylic acid groups (broad SMARTS) is 1. The molecule has 0 atom stereocenters. The molecule has 1 rings (SSSR count). The van der Waals surface area contributed by atoms with Crippen LogP contribution < -0.4 is 5.73 Å². The molecule has 0 fully saturated rings. The first-order valence-corrected chi connectivity index (χ1v) is 3.06. The summed E-state index contributed by atoms with van der Waals surface area (Å²) in [5.41, 5.74) is 5.19. The van der Waals surface area contributed by atoms with E-state index < -0.39 is 5.97 Å². The van der Waals surface area contributed by atoms with Gasteiger partial charge in [-0.3, -0.25) is 4.79 Å². The molecule has 0 bridgehead atoms. The normalized spacial score (nSPS) is 8.75. The Balaban J connectivity index is 0.00000121. The van der Waals surface area contributed by atoms with Gasteiger partial charge < -0.3 is 15.8 Å². The van der Waals surface area contributed by atoms with Crippen molar-refractivity contribution in [2.45, 2.75) is 0 Å². The van der Waals surface area contributed by atoms with Crippen molar-refractivity contribution in [3.8, 4) is 0 Å². The van der Waals surface area contributed by atoms with Gasteiger partial charge in [-0.05, 0) is 5.02 Å². The summed E-state index contributed by atoms with van der Waals surface area (Å²) in [5, 5.41) is 8.42. The first-order valence-electron chi connectivity index (χ1n) is 2.68. The molecule has 0 saturated carbocycles. The zero-order valence-electron chi connectivity index (χ0n) is 5.91. The van der Waals surface area contributed by atoms with Crippen molar-refractivity contribution >= 4 is 23.3 Å². The SMILES string of the molecule is Nc1c[c-]nc(C(=O)O)c1Cl.[Y]. The molecule has 0 spiro atoms. The molecule has 0 saturated heterocycles. The Kier molecular flexibility index (Phi) is 4.67. The molecule has 0 aliphatic rings. The van der Waals surface area contributed by atoms with Crippen LogP contribution in [0.1, 0.15) is 10.5 Å². The number of nitrogen functional groups attached to an aromatic ring is 1. The van der Waals surface area contributed by atoms with Gasteiger partial charge in [-0.2, -0.15) is 0 Å². The molecule has 1 radical (unpaired) electrons. The van der Waals surface area contributed by atoms with Gasteiger partial charge >= 0.3 is 0 Å². The van der Waals surface area contributed by atoms with Crippen LogP contribution in [0.25, 0.3) is 0 Å². The van der Waals surface area contributed by atoms with Crippen LogP contribution in [0.5, 0.6) is 0 Å². The molecule has 0 aliphatic carbocycles. The van der Waals surface area contributed by atoms with Crippen molar-refractivity contribution in [3.05, 3.63) is 23.0 Å². The van der Waals surface area contributed by atoms with E-state index in [0.717, 1.165) is 0 Å². The smallest absolute Gasteiger partial charge is 0.298 e. The summed E-state index contributed by atoms with van der Waals surface area (Å²) in [5.74, 6) is -1.21. The number of halogens is 1. The van der Waals surface area contributed by atoms with E-state index in [4.69, 9.17) is 22.4 Å². The maximum atomic E-state index is 10.4. The summed E-state index contributed by atoms with van der Waals surface area (Å²) in [7, 11) is 0. The molecule has 0 aromatic carbocycles. The maximum Gasteiger partial charge on any atom is 0.298 e. The summed E-state index contributed by atoms with van der Waals surface area (Å²) in [4.78, 5) is 13.8. The zero-order chi connectivity index (χ0) is 8.43. The van der Waals surface area contributed by atoms with E-state index in [9.17, 15) is 4.79 Å². The third-order valence-corrected chi connectivity index (χ3v) is 1.46. The zero-order valence-corrected chi connectivity index (χ0v) is 9.51. The third-order valence-electron chi connectivity index (χ3n) is 1.06. The minimum absolute atomic E-state index is 0. The molecule has 0 aliphatic heterocycles. The van der Waals surface area contributed by atoms with Gasteiger partial charge in [0.25, 0.3) is 5.97 Å². The van der Waals surface area contributed by atoms with Crippen molar-refractivity contribution < 1.29 is 42.6 Å². The van der Waals surface area contributed by atoms with E-state index in [1.54, 1.807) is 0 Å². The number of anilines is 1. The molecular formula is C6H4ClN2O2Y-. The van der Waals surface area contributed by atoms with E-state index in [-0.39, 0.29) is 49.1 Å². The molecule has 4 nitrogen and oxygen atoms in total. The Morgan fingerprint density at radius 3 is 2.75 bits per heavy atom. The van der Waals surface area contributed by atoms with Crippen molar-refractivity contribution in [2.75, 3.05) is 5.73 Å². The van der Waals surface area contributed by atoms with Crippen LogP contribution in [0.3, 0.4) is 0 Å². The summed E-state index contributed by atoms with van der Waals surface area (Å²) in [6.07, 6.45) is 2.31. The summed E-state index contributed by atoms with van der Waals surface area (Å²) in [6, 6.07) is 1.31. The van der Waals surface area contributed by atoms with E-state index in [1.165, 1.54) is 6.07 Å². The van der Waals surface area contributed by atoms with Gasteiger partial charge in [0.2, 0.25) is 0 Å². The van der Waals surface area contributed by atoms with Gasteiger partial charge in [-0.25, -0.2) is 0 Å². The predicted molar refractivity (Wildman–Crippen MR) is 39.5 cm³/mol. The van der Waals surface area contributed by atoms with Gasteiger partial charge in [-0.15, -0.1) is 17.7 Å². The van der Waals surface area contributed by atoms with Gasteiger partial charge in [0.05, 0.1) is 5.69 Å². The van der Waals surface area contributed by atoms with Crippen molar-refractivity contribution in [3.63, 3.8) is 0 Å². The average Bonchev–Trinajstić information content (AvgIpc) is 1.94. The number of pyridine rings is 1. The van der Waals surface area contributed by atoms with Gasteiger partial charge in [-0.1, -0.05) is 11.9 Å². The van der Waals surface area contributed by atoms with E-state index >= 15 is 0 Å². The molecular weight excluding hydrogens is 256 g/mol. The summed E-state index contributed by atoms with van der Waals surface area (Å²) in [6.45, 7) is 0. The van der Waals surface area contributed by atoms with Crippen LogP contribution in [-0.2, 0) is 32.7 Å². The van der Waals surface area contributed by atoms with E-state index in [1.807, 2.05) is 0 Å². The standard InChI is InChI=1S/C6H4ClN2O2.Y/c7-4-3(8)1-2-9-5(4)6(10)11;/h1H,(H2,8,9)(H,10,11);/q-1;. The largest absolute Gasteiger partial charge is 0.486 e. The number of aromatic nitrogens is 1. The second kappa shape index (κ2) is 4.75. The molecule has 0 amide bonds. The van der Waals surface area contributed by atoms with Crippen LogP contribution in [-0.4, -0.2) is 16.1 Å². The number of hydrogen-bond donors (Lipinski definition) is 2. The van der Waals surface area contributed by atoms with E-state index in [2.05, 4.69) is 11.2 Å².